The fraction of sp³-hybridized carbons (Fsp3) is 0.600. The van der Waals surface area contributed by atoms with Crippen LogP contribution in [-0.4, -0.2) is 10.5 Å². The van der Waals surface area contributed by atoms with Gasteiger partial charge in [0.05, 0.1) is 0 Å². The van der Waals surface area contributed by atoms with E-state index in [1.807, 2.05) is 0 Å². The van der Waals surface area contributed by atoms with Crippen LogP contribution in [0.4, 0.5) is 0 Å². The highest BCUT2D eigenvalue weighted by atomic mass is 127. The molecule has 1 heterocycles. The van der Waals surface area contributed by atoms with Gasteiger partial charge in [-0.15, -0.1) is 11.3 Å². The van der Waals surface area contributed by atoms with Crippen LogP contribution in [0.5, 0.6) is 0 Å². The predicted molar refractivity (Wildman–Crippen MR) is 76.4 cm³/mol. The van der Waals surface area contributed by atoms with Gasteiger partial charge in [0.2, 0.25) is 0 Å². The summed E-state index contributed by atoms with van der Waals surface area (Å²) in [6, 6.07) is 2.72. The number of rotatable bonds is 5. The SMILES string of the molecule is CC(C)C(CI)NCc1sccc1Br. The third-order valence-electron chi connectivity index (χ3n) is 2.19. The molecular weight excluding hydrogens is 373 g/mol. The van der Waals surface area contributed by atoms with Gasteiger partial charge >= 0.3 is 0 Å². The average molecular weight is 388 g/mol. The molecule has 1 atom stereocenters. The van der Waals surface area contributed by atoms with Crippen molar-refractivity contribution in [3.8, 4) is 0 Å². The molecule has 1 aromatic rings. The summed E-state index contributed by atoms with van der Waals surface area (Å²) in [7, 11) is 0. The molecule has 0 bridgehead atoms. The molecule has 0 aromatic carbocycles. The van der Waals surface area contributed by atoms with Gasteiger partial charge in [-0.25, -0.2) is 0 Å². The average Bonchev–Trinajstić information content (AvgIpc) is 2.52. The fourth-order valence-corrected chi connectivity index (χ4v) is 3.92. The van der Waals surface area contributed by atoms with Crippen LogP contribution in [0, 0.1) is 5.92 Å². The molecule has 1 unspecified atom stereocenters. The lowest BCUT2D eigenvalue weighted by Gasteiger charge is -2.19. The van der Waals surface area contributed by atoms with Gasteiger partial charge in [0.25, 0.3) is 0 Å². The molecule has 0 amide bonds. The molecule has 0 aliphatic carbocycles. The predicted octanol–water partition coefficient (Wildman–Crippen LogP) is 4.06. The van der Waals surface area contributed by atoms with Crippen molar-refractivity contribution in [3.63, 3.8) is 0 Å². The molecule has 14 heavy (non-hydrogen) atoms. The Balaban J connectivity index is 2.43. The lowest BCUT2D eigenvalue weighted by molar-refractivity contribution is 0.438. The van der Waals surface area contributed by atoms with E-state index in [4.69, 9.17) is 0 Å². The minimum atomic E-state index is 0.615. The third-order valence-corrected chi connectivity index (χ3v) is 5.06. The van der Waals surface area contributed by atoms with Crippen LogP contribution in [0.25, 0.3) is 0 Å². The highest BCUT2D eigenvalue weighted by molar-refractivity contribution is 14.1. The molecule has 1 aromatic heterocycles. The van der Waals surface area contributed by atoms with Crippen LogP contribution in [0.1, 0.15) is 18.7 Å². The zero-order chi connectivity index (χ0) is 10.6. The van der Waals surface area contributed by atoms with Crippen LogP contribution in [0.3, 0.4) is 0 Å². The van der Waals surface area contributed by atoms with E-state index < -0.39 is 0 Å². The highest BCUT2D eigenvalue weighted by Gasteiger charge is 2.11. The van der Waals surface area contributed by atoms with E-state index in [-0.39, 0.29) is 0 Å². The summed E-state index contributed by atoms with van der Waals surface area (Å²) in [5.74, 6) is 0.700. The maximum absolute atomic E-state index is 3.58. The van der Waals surface area contributed by atoms with Crippen molar-refractivity contribution in [3.05, 3.63) is 20.8 Å². The van der Waals surface area contributed by atoms with Crippen molar-refractivity contribution in [2.75, 3.05) is 4.43 Å². The molecule has 0 fully saturated rings. The van der Waals surface area contributed by atoms with E-state index in [0.29, 0.717) is 12.0 Å². The monoisotopic (exact) mass is 387 g/mol. The van der Waals surface area contributed by atoms with Crippen LogP contribution in [-0.2, 0) is 6.54 Å². The van der Waals surface area contributed by atoms with E-state index in [2.05, 4.69) is 69.1 Å². The molecule has 0 aliphatic rings. The van der Waals surface area contributed by atoms with Gasteiger partial charge in [-0.2, -0.15) is 0 Å². The second-order valence-electron chi connectivity index (χ2n) is 3.58. The molecule has 1 nitrogen and oxygen atoms in total. The third kappa shape index (κ3) is 3.79. The zero-order valence-corrected chi connectivity index (χ0v) is 12.9. The largest absolute Gasteiger partial charge is 0.308 e. The standard InChI is InChI=1S/C10H15BrINS/c1-7(2)9(5-12)13-6-10-8(11)3-4-14-10/h3-4,7,9,13H,5-6H2,1-2H3. The highest BCUT2D eigenvalue weighted by Crippen LogP contribution is 2.22. The van der Waals surface area contributed by atoms with Crippen molar-refractivity contribution < 1.29 is 0 Å². The van der Waals surface area contributed by atoms with Crippen LogP contribution in [0.15, 0.2) is 15.9 Å². The molecule has 0 aliphatic heterocycles. The van der Waals surface area contributed by atoms with E-state index >= 15 is 0 Å². The first kappa shape index (κ1) is 12.9. The molecule has 0 spiro atoms. The minimum absolute atomic E-state index is 0.615. The van der Waals surface area contributed by atoms with Crippen LogP contribution in [0.2, 0.25) is 0 Å². The quantitative estimate of drug-likeness (QED) is 0.593. The summed E-state index contributed by atoms with van der Waals surface area (Å²) in [5, 5.41) is 5.71. The number of nitrogens with one attached hydrogen (secondary N) is 1. The molecule has 1 rings (SSSR count). The maximum atomic E-state index is 3.58. The Kier molecular flexibility index (Phi) is 5.96. The lowest BCUT2D eigenvalue weighted by atomic mass is 10.1. The van der Waals surface area contributed by atoms with Gasteiger partial charge in [0.15, 0.2) is 0 Å². The summed E-state index contributed by atoms with van der Waals surface area (Å²) >= 11 is 7.79. The minimum Gasteiger partial charge on any atom is -0.308 e. The number of alkyl halides is 1. The Hall–Kier alpha value is 0.870. The molecule has 0 radical (unpaired) electrons. The van der Waals surface area contributed by atoms with Gasteiger partial charge in [-0.1, -0.05) is 36.4 Å². The number of hydrogen-bond donors (Lipinski definition) is 1. The first-order valence-corrected chi connectivity index (χ1v) is 7.86. The first-order valence-electron chi connectivity index (χ1n) is 4.66. The molecule has 80 valence electrons. The molecule has 4 heteroatoms. The van der Waals surface area contributed by atoms with E-state index in [1.165, 1.54) is 13.8 Å². The van der Waals surface area contributed by atoms with E-state index in [1.54, 1.807) is 11.3 Å². The molecule has 0 saturated carbocycles. The topological polar surface area (TPSA) is 12.0 Å². The maximum Gasteiger partial charge on any atom is 0.0327 e. The number of hydrogen-bond acceptors (Lipinski definition) is 2. The van der Waals surface area contributed by atoms with Crippen molar-refractivity contribution in [1.82, 2.24) is 5.32 Å². The Morgan fingerprint density at radius 1 is 1.57 bits per heavy atom. The van der Waals surface area contributed by atoms with Crippen LogP contribution < -0.4 is 5.32 Å². The summed E-state index contributed by atoms with van der Waals surface area (Å²) in [6.07, 6.45) is 0. The summed E-state index contributed by atoms with van der Waals surface area (Å²) < 4.78 is 2.39. The van der Waals surface area contributed by atoms with Gasteiger partial charge in [0, 0.05) is 26.4 Å². The van der Waals surface area contributed by atoms with Crippen molar-refractivity contribution >= 4 is 49.9 Å². The number of thiophene rings is 1. The normalized spacial score (nSPS) is 13.5. The lowest BCUT2D eigenvalue weighted by Crippen LogP contribution is -2.34. The molecule has 0 saturated heterocycles. The summed E-state index contributed by atoms with van der Waals surface area (Å²) in [5.41, 5.74) is 0. The molecular formula is C10H15BrINS. The van der Waals surface area contributed by atoms with Crippen LogP contribution >= 0.6 is 49.9 Å². The van der Waals surface area contributed by atoms with Gasteiger partial charge < -0.3 is 5.32 Å². The van der Waals surface area contributed by atoms with Crippen molar-refractivity contribution in [2.24, 2.45) is 5.92 Å². The number of halogens is 2. The first-order chi connectivity index (χ1) is 6.65. The van der Waals surface area contributed by atoms with Gasteiger partial charge in [0.1, 0.15) is 0 Å². The van der Waals surface area contributed by atoms with Crippen molar-refractivity contribution in [2.45, 2.75) is 26.4 Å². The molecule has 1 N–H and O–H groups in total. The van der Waals surface area contributed by atoms with E-state index in [9.17, 15) is 0 Å². The Labute approximate surface area is 112 Å². The Morgan fingerprint density at radius 2 is 2.29 bits per heavy atom. The summed E-state index contributed by atoms with van der Waals surface area (Å²) in [4.78, 5) is 1.39. The Bertz CT molecular complexity index is 275. The second kappa shape index (κ2) is 6.45. The zero-order valence-electron chi connectivity index (χ0n) is 8.39. The van der Waals surface area contributed by atoms with Crippen molar-refractivity contribution in [1.29, 1.82) is 0 Å². The second-order valence-corrected chi connectivity index (χ2v) is 6.31. The Morgan fingerprint density at radius 3 is 2.71 bits per heavy atom. The van der Waals surface area contributed by atoms with E-state index in [0.717, 1.165) is 6.54 Å². The smallest absolute Gasteiger partial charge is 0.0327 e. The van der Waals surface area contributed by atoms with Gasteiger partial charge in [-0.05, 0) is 33.3 Å². The summed E-state index contributed by atoms with van der Waals surface area (Å²) in [6.45, 7) is 5.50. The van der Waals surface area contributed by atoms with Gasteiger partial charge in [-0.3, -0.25) is 0 Å². The fourth-order valence-electron chi connectivity index (χ4n) is 1.14.